The van der Waals surface area contributed by atoms with Crippen LogP contribution < -0.4 is 0 Å². The summed E-state index contributed by atoms with van der Waals surface area (Å²) < 4.78 is 18.4. The third-order valence-corrected chi connectivity index (χ3v) is 0. The van der Waals surface area contributed by atoms with Gasteiger partial charge < -0.3 is 24.4 Å². The van der Waals surface area contributed by atoms with Crippen LogP contribution in [0, 0.1) is 0 Å². The molecule has 7 nitrogen and oxygen atoms in total. The molecule has 0 rings (SSSR count). The molecule has 0 bridgehead atoms. The lowest BCUT2D eigenvalue weighted by molar-refractivity contribution is -0.0980. The van der Waals surface area contributed by atoms with E-state index in [9.17, 15) is 9.13 Å². The van der Waals surface area contributed by atoms with E-state index in [0.717, 1.165) is 0 Å². The first-order valence-corrected chi connectivity index (χ1v) is 7.38. The van der Waals surface area contributed by atoms with Crippen LogP contribution in [0.2, 0.25) is 0 Å². The SMILES string of the molecule is C=O.O=P(O)(O)S.O=P(O)(O)S. The molecule has 0 heterocycles. The zero-order chi connectivity index (χ0) is 11.0. The Hall–Kier alpha value is 0.670. The van der Waals surface area contributed by atoms with Crippen molar-refractivity contribution in [2.24, 2.45) is 0 Å². The number of thiol groups is 2. The molecular formula is CH8O7P2S2. The summed E-state index contributed by atoms with van der Waals surface area (Å²) in [6, 6.07) is 0. The van der Waals surface area contributed by atoms with Crippen molar-refractivity contribution >= 4 is 44.9 Å². The highest BCUT2D eigenvalue weighted by Gasteiger charge is 1.98. The van der Waals surface area contributed by atoms with E-state index in [1.54, 1.807) is 0 Å². The smallest absolute Gasteiger partial charge is 0.317 e. The van der Waals surface area contributed by atoms with E-state index in [2.05, 4.69) is 24.5 Å². The fraction of sp³-hybridized carbons (Fsp3) is 0. The van der Waals surface area contributed by atoms with Gasteiger partial charge in [-0.2, -0.15) is 0 Å². The lowest BCUT2D eigenvalue weighted by atomic mass is 11.9. The van der Waals surface area contributed by atoms with Crippen molar-refractivity contribution in [3.8, 4) is 0 Å². The van der Waals surface area contributed by atoms with Crippen LogP contribution in [0.15, 0.2) is 0 Å². The molecule has 0 amide bonds. The summed E-state index contributed by atoms with van der Waals surface area (Å²) in [4.78, 5) is 38.0. The Kier molecular flexibility index (Phi) is 12.7. The quantitative estimate of drug-likeness (QED) is 0.262. The molecule has 4 N–H and O–H groups in total. The summed E-state index contributed by atoms with van der Waals surface area (Å²) in [5.41, 5.74) is 0. The Morgan fingerprint density at radius 1 is 0.833 bits per heavy atom. The topological polar surface area (TPSA) is 132 Å². The molecule has 76 valence electrons. The highest BCUT2D eigenvalue weighted by atomic mass is 32.7. The second-order valence-electron chi connectivity index (χ2n) is 1.03. The molecule has 11 heteroatoms. The fourth-order valence-electron chi connectivity index (χ4n) is 0. The van der Waals surface area contributed by atoms with Gasteiger partial charge in [-0.3, -0.25) is 0 Å². The van der Waals surface area contributed by atoms with E-state index in [1.165, 1.54) is 0 Å². The number of carbonyl (C=O) groups is 1. The number of hydrogen-bond donors (Lipinski definition) is 6. The zero-order valence-electron chi connectivity index (χ0n) is 5.51. The molecular weight excluding hydrogens is 250 g/mol. The third-order valence-electron chi connectivity index (χ3n) is 0. The van der Waals surface area contributed by atoms with Crippen LogP contribution in [0.5, 0.6) is 0 Å². The summed E-state index contributed by atoms with van der Waals surface area (Å²) in [5, 5.41) is 0. The lowest BCUT2D eigenvalue weighted by Crippen LogP contribution is -1.54. The minimum atomic E-state index is -3.94. The molecule has 0 aliphatic rings. The molecule has 0 fully saturated rings. The van der Waals surface area contributed by atoms with E-state index in [-0.39, 0.29) is 0 Å². The molecule has 0 aromatic carbocycles. The second kappa shape index (κ2) is 8.28. The van der Waals surface area contributed by atoms with Crippen molar-refractivity contribution in [2.45, 2.75) is 0 Å². The predicted octanol–water partition coefficient (Wildman–Crippen LogP) is -0.167. The Morgan fingerprint density at radius 3 is 0.833 bits per heavy atom. The first-order valence-electron chi connectivity index (χ1n) is 1.85. The van der Waals surface area contributed by atoms with Crippen molar-refractivity contribution in [1.29, 1.82) is 0 Å². The van der Waals surface area contributed by atoms with Gasteiger partial charge in [-0.05, 0) is 0 Å². The van der Waals surface area contributed by atoms with Gasteiger partial charge in [0.25, 0.3) is 0 Å². The molecule has 0 aromatic heterocycles. The van der Waals surface area contributed by atoms with E-state index >= 15 is 0 Å². The maximum Gasteiger partial charge on any atom is 0.380 e. The monoisotopic (exact) mass is 258 g/mol. The van der Waals surface area contributed by atoms with Crippen LogP contribution in [0.25, 0.3) is 0 Å². The van der Waals surface area contributed by atoms with Gasteiger partial charge >= 0.3 is 13.6 Å². The largest absolute Gasteiger partial charge is 0.380 e. The maximum atomic E-state index is 9.19. The average Bonchev–Trinajstić information content (AvgIpc) is 1.59. The van der Waals surface area contributed by atoms with Crippen molar-refractivity contribution in [3.63, 3.8) is 0 Å². The first-order chi connectivity index (χ1) is 5.00. The Morgan fingerprint density at radius 2 is 0.833 bits per heavy atom. The lowest BCUT2D eigenvalue weighted by Gasteiger charge is -1.83. The van der Waals surface area contributed by atoms with Crippen molar-refractivity contribution in [1.82, 2.24) is 0 Å². The molecule has 0 aliphatic heterocycles. The molecule has 0 radical (unpaired) electrons. The van der Waals surface area contributed by atoms with Crippen molar-refractivity contribution < 1.29 is 33.5 Å². The van der Waals surface area contributed by atoms with Crippen LogP contribution in [0.4, 0.5) is 0 Å². The van der Waals surface area contributed by atoms with Gasteiger partial charge in [0.05, 0.1) is 0 Å². The van der Waals surface area contributed by atoms with Crippen LogP contribution in [-0.4, -0.2) is 26.4 Å². The predicted molar refractivity (Wildman–Crippen MR) is 49.2 cm³/mol. The van der Waals surface area contributed by atoms with Gasteiger partial charge in [-0.25, -0.2) is 9.13 Å². The molecule has 0 aromatic rings. The first kappa shape index (κ1) is 18.5. The Balaban J connectivity index is -0.000000112. The number of hydrogen-bond acceptors (Lipinski definition) is 3. The van der Waals surface area contributed by atoms with Gasteiger partial charge in [-0.15, -0.1) is 0 Å². The molecule has 0 saturated heterocycles. The van der Waals surface area contributed by atoms with Crippen LogP contribution in [-0.2, 0) is 13.9 Å². The van der Waals surface area contributed by atoms with Crippen LogP contribution in [0.3, 0.4) is 0 Å². The Labute approximate surface area is 78.8 Å². The molecule has 0 atom stereocenters. The van der Waals surface area contributed by atoms with Crippen molar-refractivity contribution in [3.05, 3.63) is 0 Å². The zero-order valence-corrected chi connectivity index (χ0v) is 9.09. The highest BCUT2D eigenvalue weighted by Crippen LogP contribution is 2.39. The van der Waals surface area contributed by atoms with Gasteiger partial charge in [0.2, 0.25) is 0 Å². The Bertz CT molecular complexity index is 143. The summed E-state index contributed by atoms with van der Waals surface area (Å²) in [6.45, 7) is -5.89. The molecule has 12 heavy (non-hydrogen) atoms. The standard InChI is InChI=1S/CH2O.2H3O3PS/c1-2;2*1-4(2,3)5/h1H2;2*(H3,1,2,3,5). The summed E-state index contributed by atoms with van der Waals surface area (Å²) in [5.74, 6) is 0. The highest BCUT2D eigenvalue weighted by molar-refractivity contribution is 8.44. The number of rotatable bonds is 0. The molecule has 0 spiro atoms. The minimum Gasteiger partial charge on any atom is -0.317 e. The van der Waals surface area contributed by atoms with E-state index in [0.29, 0.717) is 0 Å². The second-order valence-corrected chi connectivity index (χ2v) is 6.21. The average molecular weight is 258 g/mol. The van der Waals surface area contributed by atoms with E-state index in [4.69, 9.17) is 24.4 Å². The fourth-order valence-corrected chi connectivity index (χ4v) is 0. The van der Waals surface area contributed by atoms with Crippen LogP contribution in [0.1, 0.15) is 0 Å². The molecule has 0 unspecified atom stereocenters. The minimum absolute atomic E-state index is 2.00. The van der Waals surface area contributed by atoms with E-state index in [1.807, 2.05) is 6.79 Å². The third kappa shape index (κ3) is 2220. The van der Waals surface area contributed by atoms with Gasteiger partial charge in [-0.1, -0.05) is 24.5 Å². The number of carbonyl (C=O) groups excluding carboxylic acids is 1. The van der Waals surface area contributed by atoms with Crippen LogP contribution >= 0.6 is 38.1 Å². The van der Waals surface area contributed by atoms with Gasteiger partial charge in [0.15, 0.2) is 0 Å². The summed E-state index contributed by atoms with van der Waals surface area (Å²) >= 11 is 5.58. The van der Waals surface area contributed by atoms with Gasteiger partial charge in [0.1, 0.15) is 6.79 Å². The normalized spacial score (nSPS) is 10.2. The molecule has 0 aliphatic carbocycles. The van der Waals surface area contributed by atoms with Gasteiger partial charge in [0, 0.05) is 0 Å². The van der Waals surface area contributed by atoms with Crippen molar-refractivity contribution in [2.75, 3.05) is 0 Å². The maximum absolute atomic E-state index is 9.19. The summed E-state index contributed by atoms with van der Waals surface area (Å²) in [7, 11) is 0. The van der Waals surface area contributed by atoms with E-state index < -0.39 is 13.6 Å². The summed E-state index contributed by atoms with van der Waals surface area (Å²) in [6.07, 6.45) is 0. The molecule has 0 saturated carbocycles.